The van der Waals surface area contributed by atoms with Crippen molar-refractivity contribution >= 4 is 28.1 Å². The quantitative estimate of drug-likeness (QED) is 0.400. The largest absolute Gasteiger partial charge is 0.494 e. The molecule has 1 amide bonds. The van der Waals surface area contributed by atoms with Crippen LogP contribution in [0.1, 0.15) is 35.5 Å². The minimum absolute atomic E-state index is 0.0567. The number of carbonyl (C=O) groups is 1. The molecule has 0 spiro atoms. The molecule has 2 aromatic carbocycles. The molecule has 0 atom stereocenters. The van der Waals surface area contributed by atoms with Crippen molar-refractivity contribution in [3.8, 4) is 17.0 Å². The summed E-state index contributed by atoms with van der Waals surface area (Å²) in [5.41, 5.74) is 2.09. The number of nitrogens with zero attached hydrogens (tertiary/aromatic N) is 2. The van der Waals surface area contributed by atoms with Crippen LogP contribution in [-0.4, -0.2) is 22.4 Å². The summed E-state index contributed by atoms with van der Waals surface area (Å²) in [5.74, 6) is 0.449. The Kier molecular flexibility index (Phi) is 6.56. The van der Waals surface area contributed by atoms with Gasteiger partial charge in [0.15, 0.2) is 5.13 Å². The summed E-state index contributed by atoms with van der Waals surface area (Å²) in [6, 6.07) is 13.2. The van der Waals surface area contributed by atoms with Crippen LogP contribution in [-0.2, 0) is 6.42 Å². The van der Waals surface area contributed by atoms with E-state index in [1.807, 2.05) is 31.2 Å². The Hall–Kier alpha value is -3.26. The molecule has 1 heterocycles. The zero-order valence-corrected chi connectivity index (χ0v) is 17.0. The molecule has 0 radical (unpaired) electrons. The Labute approximate surface area is 172 Å². The number of anilines is 1. The van der Waals surface area contributed by atoms with Crippen LogP contribution in [0.5, 0.6) is 5.75 Å². The number of non-ortho nitro benzene ring substituents is 1. The number of nitro benzene ring substituents is 1. The topological polar surface area (TPSA) is 94.4 Å². The summed E-state index contributed by atoms with van der Waals surface area (Å²) in [5, 5.41) is 14.1. The van der Waals surface area contributed by atoms with Gasteiger partial charge in [-0.05, 0) is 49.7 Å². The third-order valence-corrected chi connectivity index (χ3v) is 5.20. The van der Waals surface area contributed by atoms with Gasteiger partial charge in [0.05, 0.1) is 17.2 Å². The number of nitrogens with one attached hydrogen (secondary N) is 1. The number of aromatic nitrogens is 1. The SMILES string of the molecule is CCCc1sc(NC(=O)c2ccc([N+](=O)[O-])cc2)nc1-c1ccc(OCC)cc1. The van der Waals surface area contributed by atoms with Crippen molar-refractivity contribution in [2.24, 2.45) is 0 Å². The van der Waals surface area contributed by atoms with Gasteiger partial charge in [-0.25, -0.2) is 4.98 Å². The van der Waals surface area contributed by atoms with Crippen molar-refractivity contribution in [1.29, 1.82) is 0 Å². The molecular weight excluding hydrogens is 390 g/mol. The second-order valence-electron chi connectivity index (χ2n) is 6.26. The number of hydrogen-bond acceptors (Lipinski definition) is 6. The van der Waals surface area contributed by atoms with Gasteiger partial charge in [0.1, 0.15) is 5.75 Å². The lowest BCUT2D eigenvalue weighted by atomic mass is 10.1. The number of benzene rings is 2. The summed E-state index contributed by atoms with van der Waals surface area (Å²) < 4.78 is 5.49. The molecule has 1 aromatic heterocycles. The summed E-state index contributed by atoms with van der Waals surface area (Å²) in [6.45, 7) is 4.64. The van der Waals surface area contributed by atoms with Crippen molar-refractivity contribution < 1.29 is 14.5 Å². The first-order valence-electron chi connectivity index (χ1n) is 9.30. The Balaban J connectivity index is 1.82. The van der Waals surface area contributed by atoms with Crippen molar-refractivity contribution in [1.82, 2.24) is 4.98 Å². The molecule has 0 bridgehead atoms. The number of ether oxygens (including phenoxy) is 1. The monoisotopic (exact) mass is 411 g/mol. The van der Waals surface area contributed by atoms with E-state index in [0.717, 1.165) is 34.7 Å². The van der Waals surface area contributed by atoms with Gasteiger partial charge in [0, 0.05) is 28.1 Å². The van der Waals surface area contributed by atoms with Crippen LogP contribution in [0.25, 0.3) is 11.3 Å². The van der Waals surface area contributed by atoms with E-state index >= 15 is 0 Å². The normalized spacial score (nSPS) is 10.6. The van der Waals surface area contributed by atoms with Gasteiger partial charge in [0.25, 0.3) is 11.6 Å². The van der Waals surface area contributed by atoms with E-state index in [1.54, 1.807) is 0 Å². The molecule has 8 heteroatoms. The highest BCUT2D eigenvalue weighted by molar-refractivity contribution is 7.16. The lowest BCUT2D eigenvalue weighted by molar-refractivity contribution is -0.384. The van der Waals surface area contributed by atoms with Crippen LogP contribution in [0.4, 0.5) is 10.8 Å². The fraction of sp³-hybridized carbons (Fsp3) is 0.238. The highest BCUT2D eigenvalue weighted by Crippen LogP contribution is 2.33. The van der Waals surface area contributed by atoms with Gasteiger partial charge in [-0.3, -0.25) is 20.2 Å². The molecule has 0 aliphatic carbocycles. The van der Waals surface area contributed by atoms with E-state index in [4.69, 9.17) is 4.74 Å². The third-order valence-electron chi connectivity index (χ3n) is 4.17. The Morgan fingerprint density at radius 3 is 2.41 bits per heavy atom. The summed E-state index contributed by atoms with van der Waals surface area (Å²) in [7, 11) is 0. The minimum Gasteiger partial charge on any atom is -0.494 e. The first-order valence-corrected chi connectivity index (χ1v) is 10.1. The van der Waals surface area contributed by atoms with Gasteiger partial charge in [-0.15, -0.1) is 11.3 Å². The maximum Gasteiger partial charge on any atom is 0.269 e. The van der Waals surface area contributed by atoms with E-state index in [-0.39, 0.29) is 11.6 Å². The highest BCUT2D eigenvalue weighted by Gasteiger charge is 2.16. The smallest absolute Gasteiger partial charge is 0.269 e. The first kappa shape index (κ1) is 20.5. The molecule has 0 aliphatic heterocycles. The van der Waals surface area contributed by atoms with E-state index in [0.29, 0.717) is 17.3 Å². The number of amides is 1. The second kappa shape index (κ2) is 9.29. The summed E-state index contributed by atoms with van der Waals surface area (Å²) in [6.07, 6.45) is 1.82. The molecule has 29 heavy (non-hydrogen) atoms. The maximum absolute atomic E-state index is 12.5. The molecule has 3 aromatic rings. The van der Waals surface area contributed by atoms with Gasteiger partial charge >= 0.3 is 0 Å². The van der Waals surface area contributed by atoms with Gasteiger partial charge in [-0.1, -0.05) is 13.3 Å². The van der Waals surface area contributed by atoms with Crippen molar-refractivity contribution in [3.05, 3.63) is 69.1 Å². The molecule has 0 unspecified atom stereocenters. The summed E-state index contributed by atoms with van der Waals surface area (Å²) >= 11 is 1.44. The van der Waals surface area contributed by atoms with Crippen molar-refractivity contribution in [2.45, 2.75) is 26.7 Å². The first-order chi connectivity index (χ1) is 14.0. The molecule has 1 N–H and O–H groups in total. The van der Waals surface area contributed by atoms with Gasteiger partial charge in [-0.2, -0.15) is 0 Å². The number of thiazole rings is 1. The number of hydrogen-bond donors (Lipinski definition) is 1. The van der Waals surface area contributed by atoms with Crippen LogP contribution in [0.15, 0.2) is 48.5 Å². The van der Waals surface area contributed by atoms with Crippen LogP contribution in [0.2, 0.25) is 0 Å². The van der Waals surface area contributed by atoms with Crippen LogP contribution < -0.4 is 10.1 Å². The average molecular weight is 411 g/mol. The third kappa shape index (κ3) is 4.97. The highest BCUT2D eigenvalue weighted by atomic mass is 32.1. The minimum atomic E-state index is -0.497. The van der Waals surface area contributed by atoms with Crippen LogP contribution in [0, 0.1) is 10.1 Å². The zero-order valence-electron chi connectivity index (χ0n) is 16.2. The van der Waals surface area contributed by atoms with Gasteiger partial charge in [0.2, 0.25) is 0 Å². The van der Waals surface area contributed by atoms with Crippen molar-refractivity contribution in [3.63, 3.8) is 0 Å². The van der Waals surface area contributed by atoms with Gasteiger partial charge < -0.3 is 4.74 Å². The van der Waals surface area contributed by atoms with Crippen LogP contribution in [0.3, 0.4) is 0 Å². The Morgan fingerprint density at radius 1 is 1.14 bits per heavy atom. The predicted molar refractivity (Wildman–Crippen MR) is 114 cm³/mol. The Morgan fingerprint density at radius 2 is 1.83 bits per heavy atom. The lowest BCUT2D eigenvalue weighted by Crippen LogP contribution is -2.11. The molecule has 7 nitrogen and oxygen atoms in total. The van der Waals surface area contributed by atoms with Crippen LogP contribution >= 0.6 is 11.3 Å². The number of rotatable bonds is 8. The molecule has 0 saturated heterocycles. The maximum atomic E-state index is 12.5. The molecule has 0 aliphatic rings. The zero-order chi connectivity index (χ0) is 20.8. The van der Waals surface area contributed by atoms with E-state index < -0.39 is 4.92 Å². The second-order valence-corrected chi connectivity index (χ2v) is 7.34. The Bertz CT molecular complexity index is 998. The number of nitro groups is 1. The molecule has 0 fully saturated rings. The lowest BCUT2D eigenvalue weighted by Gasteiger charge is -2.05. The van der Waals surface area contributed by atoms with Crippen molar-refractivity contribution in [2.75, 3.05) is 11.9 Å². The molecule has 0 saturated carbocycles. The molecule has 150 valence electrons. The standard InChI is InChI=1S/C21H21N3O4S/c1-3-5-18-19(14-8-12-17(13-9-14)28-4-2)22-21(29-18)23-20(25)15-6-10-16(11-7-15)24(26)27/h6-13H,3-5H2,1-2H3,(H,22,23,25). The number of aryl methyl sites for hydroxylation is 1. The fourth-order valence-corrected chi connectivity index (χ4v) is 3.89. The van der Waals surface area contributed by atoms with E-state index in [1.165, 1.54) is 35.6 Å². The molecule has 3 rings (SSSR count). The van der Waals surface area contributed by atoms with E-state index in [2.05, 4.69) is 17.2 Å². The molecular formula is C21H21N3O4S. The van der Waals surface area contributed by atoms with E-state index in [9.17, 15) is 14.9 Å². The average Bonchev–Trinajstić information content (AvgIpc) is 3.11. The number of carbonyl (C=O) groups excluding carboxylic acids is 1. The summed E-state index contributed by atoms with van der Waals surface area (Å²) in [4.78, 5) is 28.5. The fourth-order valence-electron chi connectivity index (χ4n) is 2.81. The predicted octanol–water partition coefficient (Wildman–Crippen LogP) is 5.32.